The van der Waals surface area contributed by atoms with Crippen molar-refractivity contribution in [3.05, 3.63) is 77.9 Å². The highest BCUT2D eigenvalue weighted by Crippen LogP contribution is 2.28. The van der Waals surface area contributed by atoms with Crippen molar-refractivity contribution in [1.82, 2.24) is 19.7 Å². The molecule has 0 radical (unpaired) electrons. The molecule has 1 aliphatic heterocycles. The molecule has 144 valence electrons. The van der Waals surface area contributed by atoms with Crippen molar-refractivity contribution in [3.63, 3.8) is 0 Å². The van der Waals surface area contributed by atoms with E-state index in [4.69, 9.17) is 0 Å². The lowest BCUT2D eigenvalue weighted by Gasteiger charge is -2.33. The van der Waals surface area contributed by atoms with Gasteiger partial charge in [-0.05, 0) is 43.0 Å². The molecule has 0 spiro atoms. The van der Waals surface area contributed by atoms with Gasteiger partial charge in [0.05, 0.1) is 6.54 Å². The van der Waals surface area contributed by atoms with E-state index in [1.165, 1.54) is 17.5 Å². The minimum absolute atomic E-state index is 0.0322. The molecule has 0 bridgehead atoms. The summed E-state index contributed by atoms with van der Waals surface area (Å²) in [5.41, 5.74) is 4.47. The van der Waals surface area contributed by atoms with Gasteiger partial charge in [0, 0.05) is 24.7 Å². The van der Waals surface area contributed by atoms with Crippen molar-refractivity contribution >= 4 is 11.7 Å². The number of amides is 2. The predicted octanol–water partition coefficient (Wildman–Crippen LogP) is 4.05. The number of nitrogens with one attached hydrogen (secondary N) is 1. The van der Waals surface area contributed by atoms with E-state index < -0.39 is 0 Å². The smallest absolute Gasteiger partial charge is 0.321 e. The minimum atomic E-state index is -0.0322. The Bertz CT molecular complexity index is 938. The fraction of sp³-hybridized carbons (Fsp3) is 0.318. The van der Waals surface area contributed by atoms with Crippen LogP contribution in [0.1, 0.15) is 35.4 Å². The van der Waals surface area contributed by atoms with Crippen LogP contribution >= 0.6 is 0 Å². The van der Waals surface area contributed by atoms with Crippen molar-refractivity contribution in [2.45, 2.75) is 32.2 Å². The molecule has 1 fully saturated rings. The number of likely N-dealkylation sites (tertiary alicyclic amines) is 1. The van der Waals surface area contributed by atoms with Gasteiger partial charge >= 0.3 is 6.03 Å². The van der Waals surface area contributed by atoms with Gasteiger partial charge in [-0.15, -0.1) is 0 Å². The van der Waals surface area contributed by atoms with E-state index >= 15 is 0 Å². The number of aryl methyl sites for hydroxylation is 1. The van der Waals surface area contributed by atoms with Gasteiger partial charge in [-0.3, -0.25) is 0 Å². The summed E-state index contributed by atoms with van der Waals surface area (Å²) in [6.45, 7) is 4.30. The third-order valence-corrected chi connectivity index (χ3v) is 5.21. The first-order valence-electron chi connectivity index (χ1n) is 9.71. The van der Waals surface area contributed by atoms with Gasteiger partial charge in [-0.1, -0.05) is 42.0 Å². The van der Waals surface area contributed by atoms with Crippen molar-refractivity contribution in [3.8, 4) is 0 Å². The third-order valence-electron chi connectivity index (χ3n) is 5.21. The van der Waals surface area contributed by atoms with Crippen LogP contribution in [0.5, 0.6) is 0 Å². The Hall–Kier alpha value is -3.15. The minimum Gasteiger partial charge on any atom is -0.324 e. The fourth-order valence-electron chi connectivity index (χ4n) is 3.81. The molecule has 0 aliphatic carbocycles. The van der Waals surface area contributed by atoms with E-state index in [1.54, 1.807) is 11.0 Å². The van der Waals surface area contributed by atoms with Crippen molar-refractivity contribution in [2.24, 2.45) is 0 Å². The monoisotopic (exact) mass is 375 g/mol. The average molecular weight is 375 g/mol. The molecule has 1 saturated heterocycles. The van der Waals surface area contributed by atoms with E-state index in [9.17, 15) is 4.79 Å². The van der Waals surface area contributed by atoms with Crippen LogP contribution < -0.4 is 5.32 Å². The normalized spacial score (nSPS) is 16.8. The second-order valence-electron chi connectivity index (χ2n) is 7.42. The zero-order chi connectivity index (χ0) is 19.3. The summed E-state index contributed by atoms with van der Waals surface area (Å²) < 4.78 is 1.76. The molecule has 1 atom stereocenters. The van der Waals surface area contributed by atoms with E-state index in [0.717, 1.165) is 37.2 Å². The maximum absolute atomic E-state index is 12.8. The van der Waals surface area contributed by atoms with E-state index in [1.807, 2.05) is 29.2 Å². The van der Waals surface area contributed by atoms with Crippen molar-refractivity contribution in [1.29, 1.82) is 0 Å². The Morgan fingerprint density at radius 3 is 2.93 bits per heavy atom. The second-order valence-corrected chi connectivity index (χ2v) is 7.42. The number of rotatable bonds is 4. The van der Waals surface area contributed by atoms with Gasteiger partial charge in [-0.2, -0.15) is 5.10 Å². The van der Waals surface area contributed by atoms with Crippen LogP contribution in [-0.2, 0) is 6.54 Å². The Kier molecular flexibility index (Phi) is 5.37. The fourth-order valence-corrected chi connectivity index (χ4v) is 3.81. The number of carbonyl (C=O) groups excluding carboxylic acids is 1. The Labute approximate surface area is 165 Å². The second kappa shape index (κ2) is 8.25. The van der Waals surface area contributed by atoms with E-state index in [2.05, 4.69) is 46.6 Å². The average Bonchev–Trinajstić information content (AvgIpc) is 3.21. The topological polar surface area (TPSA) is 63.1 Å². The summed E-state index contributed by atoms with van der Waals surface area (Å²) in [5, 5.41) is 7.19. The Balaban J connectivity index is 1.40. The number of aromatic nitrogens is 3. The molecular formula is C22H25N5O. The van der Waals surface area contributed by atoms with Crippen LogP contribution in [0.4, 0.5) is 10.5 Å². The van der Waals surface area contributed by atoms with Crippen LogP contribution in [0.15, 0.2) is 61.2 Å². The molecule has 1 N–H and O–H groups in total. The van der Waals surface area contributed by atoms with Gasteiger partial charge in [0.1, 0.15) is 12.7 Å². The molecule has 2 heterocycles. The highest BCUT2D eigenvalue weighted by molar-refractivity contribution is 5.89. The number of hydrogen-bond acceptors (Lipinski definition) is 3. The molecule has 4 rings (SSSR count). The number of carbonyl (C=O) groups is 1. The molecule has 6 heteroatoms. The lowest BCUT2D eigenvalue weighted by molar-refractivity contribution is 0.193. The summed E-state index contributed by atoms with van der Waals surface area (Å²) in [6.07, 6.45) is 5.36. The number of piperidine rings is 1. The van der Waals surface area contributed by atoms with Gasteiger partial charge in [0.15, 0.2) is 0 Å². The number of benzene rings is 2. The highest BCUT2D eigenvalue weighted by atomic mass is 16.2. The number of anilines is 1. The molecule has 2 amide bonds. The van der Waals surface area contributed by atoms with Gasteiger partial charge < -0.3 is 10.2 Å². The number of urea groups is 1. The predicted molar refractivity (Wildman–Crippen MR) is 109 cm³/mol. The van der Waals surface area contributed by atoms with Gasteiger partial charge in [-0.25, -0.2) is 14.5 Å². The van der Waals surface area contributed by atoms with Crippen LogP contribution in [0, 0.1) is 6.92 Å². The summed E-state index contributed by atoms with van der Waals surface area (Å²) in [6, 6.07) is 16.5. The molecule has 6 nitrogen and oxygen atoms in total. The van der Waals surface area contributed by atoms with Gasteiger partial charge in [0.25, 0.3) is 0 Å². The first-order valence-corrected chi connectivity index (χ1v) is 9.71. The molecular weight excluding hydrogens is 350 g/mol. The first kappa shape index (κ1) is 18.2. The summed E-state index contributed by atoms with van der Waals surface area (Å²) in [7, 11) is 0. The maximum atomic E-state index is 12.8. The maximum Gasteiger partial charge on any atom is 0.321 e. The lowest BCUT2D eigenvalue weighted by Crippen LogP contribution is -2.41. The van der Waals surface area contributed by atoms with Crippen LogP contribution in [0.25, 0.3) is 0 Å². The molecule has 3 aromatic rings. The summed E-state index contributed by atoms with van der Waals surface area (Å²) >= 11 is 0. The number of nitrogens with zero attached hydrogens (tertiary/aromatic N) is 4. The summed E-state index contributed by atoms with van der Waals surface area (Å²) in [5.74, 6) is 0.401. The standard InChI is InChI=1S/C22H25N5O/c1-17-5-2-7-19(11-17)20-8-4-10-26(14-20)22(28)25-21-9-3-6-18(12-21)13-27-16-23-15-24-27/h2-3,5-7,9,11-12,15-16,20H,4,8,10,13-14H2,1H3,(H,25,28). The largest absolute Gasteiger partial charge is 0.324 e. The third kappa shape index (κ3) is 4.39. The molecule has 1 aromatic heterocycles. The SMILES string of the molecule is Cc1cccc(C2CCCN(C(=O)Nc3cccc(Cn4cncn4)c3)C2)c1. The Morgan fingerprint density at radius 2 is 2.11 bits per heavy atom. The quantitative estimate of drug-likeness (QED) is 0.748. The zero-order valence-electron chi connectivity index (χ0n) is 16.1. The molecule has 1 aliphatic rings. The number of hydrogen-bond donors (Lipinski definition) is 1. The highest BCUT2D eigenvalue weighted by Gasteiger charge is 2.24. The van der Waals surface area contributed by atoms with Crippen molar-refractivity contribution < 1.29 is 4.79 Å². The zero-order valence-corrected chi connectivity index (χ0v) is 16.1. The van der Waals surface area contributed by atoms with E-state index in [0.29, 0.717) is 12.5 Å². The molecule has 1 unspecified atom stereocenters. The van der Waals surface area contributed by atoms with Crippen LogP contribution in [0.2, 0.25) is 0 Å². The van der Waals surface area contributed by atoms with Crippen molar-refractivity contribution in [2.75, 3.05) is 18.4 Å². The van der Waals surface area contributed by atoms with E-state index in [-0.39, 0.29) is 6.03 Å². The van der Waals surface area contributed by atoms with Crippen LogP contribution in [0.3, 0.4) is 0 Å². The van der Waals surface area contributed by atoms with Gasteiger partial charge in [0.2, 0.25) is 0 Å². The van der Waals surface area contributed by atoms with Crippen LogP contribution in [-0.4, -0.2) is 38.8 Å². The molecule has 28 heavy (non-hydrogen) atoms. The molecule has 0 saturated carbocycles. The lowest BCUT2D eigenvalue weighted by atomic mass is 9.90. The first-order chi connectivity index (χ1) is 13.7. The Morgan fingerprint density at radius 1 is 1.21 bits per heavy atom. The summed E-state index contributed by atoms with van der Waals surface area (Å²) in [4.78, 5) is 18.7. The molecule has 2 aromatic carbocycles.